The van der Waals surface area contributed by atoms with Crippen LogP contribution in [-0.2, 0) is 29.3 Å². The molecule has 226 valence electrons. The number of amides is 1. The molecular weight excluding hydrogens is 584 g/mol. The Morgan fingerprint density at radius 1 is 1.00 bits per heavy atom. The summed E-state index contributed by atoms with van der Waals surface area (Å²) in [6.07, 6.45) is 0.860. The summed E-state index contributed by atoms with van der Waals surface area (Å²) >= 11 is 0. The number of nitrogens with zero attached hydrogens (tertiary/aromatic N) is 1. The van der Waals surface area contributed by atoms with E-state index in [1.165, 1.54) is 28.6 Å². The van der Waals surface area contributed by atoms with Crippen molar-refractivity contribution in [1.29, 1.82) is 0 Å². The van der Waals surface area contributed by atoms with Gasteiger partial charge in [0.2, 0.25) is 10.0 Å². The zero-order chi connectivity index (χ0) is 30.0. The maximum absolute atomic E-state index is 13.3. The third-order valence-electron chi connectivity index (χ3n) is 7.62. The van der Waals surface area contributed by atoms with Crippen LogP contribution in [0.5, 0.6) is 5.75 Å². The van der Waals surface area contributed by atoms with Gasteiger partial charge in [0.1, 0.15) is 25.1 Å². The number of benzene rings is 3. The summed E-state index contributed by atoms with van der Waals surface area (Å²) in [6.45, 7) is 0.458. The van der Waals surface area contributed by atoms with Crippen molar-refractivity contribution in [2.75, 3.05) is 39.2 Å². The smallest absolute Gasteiger partial charge is 0.407 e. The lowest BCUT2D eigenvalue weighted by Crippen LogP contribution is -2.47. The molecule has 2 unspecified atom stereocenters. The number of nitrogens with one attached hydrogen (secondary N) is 1. The second-order valence-electron chi connectivity index (χ2n) is 10.8. The first-order valence-electron chi connectivity index (χ1n) is 13.6. The van der Waals surface area contributed by atoms with Crippen LogP contribution < -0.4 is 10.1 Å². The number of carbonyl (C=O) groups excluding carboxylic acids is 1. The molecule has 0 radical (unpaired) electrons. The average Bonchev–Trinajstić information content (AvgIpc) is 3.35. The minimum atomic E-state index is -3.65. The Kier molecular flexibility index (Phi) is 8.76. The topological polar surface area (TPSA) is 149 Å². The highest BCUT2D eigenvalue weighted by atomic mass is 32.2. The van der Waals surface area contributed by atoms with Crippen LogP contribution in [0.25, 0.3) is 10.8 Å². The molecule has 0 bridgehead atoms. The molecule has 2 saturated heterocycles. The fourth-order valence-corrected chi connectivity index (χ4v) is 7.41. The van der Waals surface area contributed by atoms with Crippen LogP contribution >= 0.6 is 0 Å². The molecule has 1 amide bonds. The van der Waals surface area contributed by atoms with E-state index in [9.17, 15) is 26.7 Å². The third-order valence-corrected chi connectivity index (χ3v) is 10.6. The quantitative estimate of drug-likeness (QED) is 0.369. The van der Waals surface area contributed by atoms with Crippen LogP contribution in [0.2, 0.25) is 0 Å². The van der Waals surface area contributed by atoms with Gasteiger partial charge in [-0.05, 0) is 66.4 Å². The van der Waals surface area contributed by atoms with Gasteiger partial charge in [-0.15, -0.1) is 0 Å². The van der Waals surface area contributed by atoms with Crippen molar-refractivity contribution >= 4 is 36.7 Å². The van der Waals surface area contributed by atoms with Gasteiger partial charge in [0, 0.05) is 19.3 Å². The summed E-state index contributed by atoms with van der Waals surface area (Å²) in [5.74, 6) is 0.371. The summed E-state index contributed by atoms with van der Waals surface area (Å²) in [4.78, 5) is 12.8. The molecule has 2 N–H and O–H groups in total. The number of piperidine rings is 1. The van der Waals surface area contributed by atoms with Gasteiger partial charge in [0.25, 0.3) is 0 Å². The normalized spacial score (nSPS) is 19.9. The van der Waals surface area contributed by atoms with E-state index in [0.717, 1.165) is 17.0 Å². The van der Waals surface area contributed by atoms with E-state index in [0.29, 0.717) is 38.1 Å². The standard InChI is InChI=1S/C29H34N2O9S2/c1-41(34,35)26-10-7-25(8-11-26)38-19-24(32)20-39-28(33)30-23-17-29(40-18-23)12-14-31(15-13-29)42(36,37)27-9-6-21-4-2-3-5-22(21)16-27/h2-11,16,23-24,32H,12-15,17-20H2,1H3,(H,30,33). The van der Waals surface area contributed by atoms with Crippen molar-refractivity contribution < 1.29 is 40.9 Å². The summed E-state index contributed by atoms with van der Waals surface area (Å²) in [5.41, 5.74) is -0.520. The summed E-state index contributed by atoms with van der Waals surface area (Å²) < 4.78 is 67.8. The number of carbonyl (C=O) groups is 1. The molecule has 2 fully saturated rings. The highest BCUT2D eigenvalue weighted by molar-refractivity contribution is 7.90. The molecule has 42 heavy (non-hydrogen) atoms. The van der Waals surface area contributed by atoms with Gasteiger partial charge in [-0.25, -0.2) is 21.6 Å². The Hall–Kier alpha value is -3.23. The molecule has 2 aliphatic heterocycles. The molecule has 0 aliphatic carbocycles. The van der Waals surface area contributed by atoms with Crippen LogP contribution in [0, 0.1) is 0 Å². The molecule has 5 rings (SSSR count). The lowest BCUT2D eigenvalue weighted by molar-refractivity contribution is -0.0312. The zero-order valence-electron chi connectivity index (χ0n) is 23.1. The Balaban J connectivity index is 1.05. The number of aliphatic hydroxyl groups is 1. The number of sulfonamides is 1. The zero-order valence-corrected chi connectivity index (χ0v) is 24.8. The first-order chi connectivity index (χ1) is 19.9. The number of aliphatic hydroxyl groups excluding tert-OH is 1. The van der Waals surface area contributed by atoms with Crippen LogP contribution in [0.4, 0.5) is 4.79 Å². The summed E-state index contributed by atoms with van der Waals surface area (Å²) in [7, 11) is -6.97. The van der Waals surface area contributed by atoms with Crippen LogP contribution in [0.3, 0.4) is 0 Å². The predicted molar refractivity (Wildman–Crippen MR) is 155 cm³/mol. The average molecular weight is 619 g/mol. The first-order valence-corrected chi connectivity index (χ1v) is 16.9. The SMILES string of the molecule is CS(=O)(=O)c1ccc(OCC(O)COC(=O)NC2COC3(CCN(S(=O)(=O)c4ccc5ccccc5c4)CC3)C2)cc1. The van der Waals surface area contributed by atoms with E-state index in [1.54, 1.807) is 12.1 Å². The molecule has 2 heterocycles. The lowest BCUT2D eigenvalue weighted by atomic mass is 9.88. The molecule has 2 aliphatic rings. The minimum Gasteiger partial charge on any atom is -0.491 e. The number of rotatable bonds is 9. The number of alkyl carbamates (subject to hydrolysis) is 1. The van der Waals surface area contributed by atoms with Crippen LogP contribution in [-0.4, -0.2) is 89.3 Å². The second-order valence-corrected chi connectivity index (χ2v) is 14.7. The highest BCUT2D eigenvalue weighted by Gasteiger charge is 2.45. The molecule has 3 aromatic rings. The van der Waals surface area contributed by atoms with E-state index < -0.39 is 37.7 Å². The maximum atomic E-state index is 13.3. The lowest BCUT2D eigenvalue weighted by Gasteiger charge is -2.38. The van der Waals surface area contributed by atoms with Crippen molar-refractivity contribution in [3.05, 3.63) is 66.7 Å². The van der Waals surface area contributed by atoms with Gasteiger partial charge in [0.15, 0.2) is 9.84 Å². The predicted octanol–water partition coefficient (Wildman–Crippen LogP) is 2.72. The van der Waals surface area contributed by atoms with Crippen molar-refractivity contribution in [1.82, 2.24) is 9.62 Å². The number of fused-ring (bicyclic) bond motifs is 1. The van der Waals surface area contributed by atoms with Gasteiger partial charge >= 0.3 is 6.09 Å². The number of sulfone groups is 1. The molecule has 11 nitrogen and oxygen atoms in total. The largest absolute Gasteiger partial charge is 0.491 e. The van der Waals surface area contributed by atoms with E-state index in [2.05, 4.69) is 5.32 Å². The van der Waals surface area contributed by atoms with Crippen molar-refractivity contribution in [2.24, 2.45) is 0 Å². The Morgan fingerprint density at radius 3 is 2.36 bits per heavy atom. The van der Waals surface area contributed by atoms with Gasteiger partial charge in [-0.1, -0.05) is 30.3 Å². The Bertz CT molecular complexity index is 1640. The van der Waals surface area contributed by atoms with E-state index in [4.69, 9.17) is 14.2 Å². The number of ether oxygens (including phenoxy) is 3. The summed E-state index contributed by atoms with van der Waals surface area (Å²) in [5, 5.41) is 14.7. The fourth-order valence-electron chi connectivity index (χ4n) is 5.30. The monoisotopic (exact) mass is 618 g/mol. The number of hydrogen-bond donors (Lipinski definition) is 2. The molecule has 0 aromatic heterocycles. The van der Waals surface area contributed by atoms with E-state index >= 15 is 0 Å². The third kappa shape index (κ3) is 7.04. The minimum absolute atomic E-state index is 0.153. The molecule has 3 aromatic carbocycles. The molecular formula is C29H34N2O9S2. The Labute approximate surface area is 245 Å². The van der Waals surface area contributed by atoms with Gasteiger partial charge in [-0.3, -0.25) is 0 Å². The molecule has 1 spiro atoms. The van der Waals surface area contributed by atoms with E-state index in [1.807, 2.05) is 30.3 Å². The van der Waals surface area contributed by atoms with Crippen molar-refractivity contribution in [2.45, 2.75) is 46.8 Å². The maximum Gasteiger partial charge on any atom is 0.407 e. The molecule has 0 saturated carbocycles. The second kappa shape index (κ2) is 12.2. The fraction of sp³-hybridized carbons (Fsp3) is 0.414. The Morgan fingerprint density at radius 2 is 1.67 bits per heavy atom. The van der Waals surface area contributed by atoms with Gasteiger partial charge in [0.05, 0.1) is 28.0 Å². The van der Waals surface area contributed by atoms with Crippen LogP contribution in [0.1, 0.15) is 19.3 Å². The highest BCUT2D eigenvalue weighted by Crippen LogP contribution is 2.37. The molecule has 2 atom stereocenters. The van der Waals surface area contributed by atoms with E-state index in [-0.39, 0.29) is 35.7 Å². The number of hydrogen-bond acceptors (Lipinski definition) is 9. The van der Waals surface area contributed by atoms with Crippen LogP contribution in [0.15, 0.2) is 76.5 Å². The summed E-state index contributed by atoms with van der Waals surface area (Å²) in [6, 6.07) is 18.3. The first kappa shape index (κ1) is 30.2. The van der Waals surface area contributed by atoms with Gasteiger partial charge in [-0.2, -0.15) is 4.31 Å². The van der Waals surface area contributed by atoms with Crippen molar-refractivity contribution in [3.63, 3.8) is 0 Å². The van der Waals surface area contributed by atoms with Crippen molar-refractivity contribution in [3.8, 4) is 5.75 Å². The molecule has 13 heteroatoms. The van der Waals surface area contributed by atoms with Gasteiger partial charge < -0.3 is 24.6 Å².